The van der Waals surface area contributed by atoms with Crippen molar-refractivity contribution in [3.8, 4) is 11.5 Å². The number of aliphatic hydroxyl groups is 1. The van der Waals surface area contributed by atoms with E-state index in [0.717, 1.165) is 65.3 Å². The fourth-order valence-electron chi connectivity index (χ4n) is 7.89. The topological polar surface area (TPSA) is 107 Å². The predicted octanol–water partition coefficient (Wildman–Crippen LogP) is 5.86. The second-order valence-corrected chi connectivity index (χ2v) is 29.3. The Morgan fingerprint density at radius 1 is 1.10 bits per heavy atom. The number of amides is 1. The average molecular weight is 739 g/mol. The molecule has 0 radical (unpaired) electrons. The van der Waals surface area contributed by atoms with Crippen LogP contribution in [-0.2, 0) is 45.3 Å². The van der Waals surface area contributed by atoms with Crippen molar-refractivity contribution in [3.05, 3.63) is 29.0 Å². The maximum Gasteiger partial charge on any atom is 0.240 e. The summed E-state index contributed by atoms with van der Waals surface area (Å²) in [6.07, 6.45) is 1.74. The van der Waals surface area contributed by atoms with Gasteiger partial charge in [0.2, 0.25) is 5.91 Å². The van der Waals surface area contributed by atoms with Crippen molar-refractivity contribution < 1.29 is 24.1 Å². The lowest BCUT2D eigenvalue weighted by atomic mass is 9.87. The zero-order valence-electron chi connectivity index (χ0n) is 32.8. The summed E-state index contributed by atoms with van der Waals surface area (Å²) < 4.78 is 22.6. The van der Waals surface area contributed by atoms with Crippen molar-refractivity contribution >= 4 is 38.8 Å². The number of hydrogen-bond acceptors (Lipinski definition) is 8. The number of rotatable bonds is 15. The van der Waals surface area contributed by atoms with E-state index in [2.05, 4.69) is 80.3 Å². The van der Waals surface area contributed by atoms with Crippen molar-refractivity contribution in [1.82, 2.24) is 24.2 Å². The Balaban J connectivity index is 1.35. The van der Waals surface area contributed by atoms with Gasteiger partial charge in [-0.15, -0.1) is 0 Å². The molecule has 1 aliphatic heterocycles. The molecule has 51 heavy (non-hydrogen) atoms. The van der Waals surface area contributed by atoms with Gasteiger partial charge in [0.15, 0.2) is 5.82 Å². The predicted molar refractivity (Wildman–Crippen MR) is 209 cm³/mol. The highest BCUT2D eigenvalue weighted by Crippen LogP contribution is 2.64. The second kappa shape index (κ2) is 14.8. The average Bonchev–Trinajstić information content (AvgIpc) is 3.30. The number of ether oxygens (including phenoxy) is 3. The van der Waals surface area contributed by atoms with Gasteiger partial charge in [-0.25, -0.2) is 9.67 Å². The molecule has 2 aromatic heterocycles. The van der Waals surface area contributed by atoms with Crippen LogP contribution >= 0.6 is 0 Å². The van der Waals surface area contributed by atoms with Gasteiger partial charge >= 0.3 is 0 Å². The Kier molecular flexibility index (Phi) is 11.1. The Morgan fingerprint density at radius 3 is 2.45 bits per heavy atom. The van der Waals surface area contributed by atoms with Crippen LogP contribution in [0.3, 0.4) is 0 Å². The highest BCUT2D eigenvalue weighted by atomic mass is 28.3. The number of aromatic nitrogens is 4. The summed E-state index contributed by atoms with van der Waals surface area (Å²) in [7, 11) is -0.645. The fourth-order valence-corrected chi connectivity index (χ4v) is 9.41. The summed E-state index contributed by atoms with van der Waals surface area (Å²) in [6.45, 7) is 25.4. The molecule has 1 amide bonds. The molecule has 0 unspecified atom stereocenters. The lowest BCUT2D eigenvalue weighted by Gasteiger charge is -2.32. The number of carbonyl (C=O) groups is 1. The number of carbonyl (C=O) groups excluding carboxylic acids is 1. The van der Waals surface area contributed by atoms with Crippen LogP contribution in [0.15, 0.2) is 12.1 Å². The molecule has 282 valence electrons. The first-order valence-electron chi connectivity index (χ1n) is 19.0. The molecular weight excluding hydrogens is 677 g/mol. The van der Waals surface area contributed by atoms with E-state index in [0.29, 0.717) is 57.0 Å². The molecule has 1 saturated carbocycles. The number of aryl methyl sites for hydroxylation is 1. The smallest absolute Gasteiger partial charge is 0.240 e. The molecule has 6 rings (SSSR count). The van der Waals surface area contributed by atoms with Crippen LogP contribution in [0.1, 0.15) is 30.7 Å². The van der Waals surface area contributed by atoms with Gasteiger partial charge in [0.05, 0.1) is 36.9 Å². The SMILES string of the molecule is Cc1cc2c(cc1N(C)C(=O)CN1CCO[C@H](CO)C1)nc(-c1nn(COCC[Si](C)(C)C)c3c1C[C@@H]1[C@H](C)[C@]1(C)C3)n2COCC[Si](C)(C)C. The summed E-state index contributed by atoms with van der Waals surface area (Å²) in [5, 5.41) is 14.9. The van der Waals surface area contributed by atoms with Crippen molar-refractivity contribution in [2.45, 2.75) is 105 Å². The van der Waals surface area contributed by atoms with E-state index in [1.807, 2.05) is 13.1 Å². The van der Waals surface area contributed by atoms with Crippen LogP contribution in [0, 0.1) is 24.2 Å². The van der Waals surface area contributed by atoms with Gasteiger partial charge in [0, 0.05) is 66.4 Å². The van der Waals surface area contributed by atoms with Gasteiger partial charge in [-0.3, -0.25) is 14.3 Å². The lowest BCUT2D eigenvalue weighted by molar-refractivity contribution is -0.122. The molecule has 1 aromatic carbocycles. The van der Waals surface area contributed by atoms with Crippen molar-refractivity contribution in [2.75, 3.05) is 58.0 Å². The largest absolute Gasteiger partial charge is 0.394 e. The zero-order valence-corrected chi connectivity index (χ0v) is 34.8. The number of imidazole rings is 1. The number of likely N-dealkylation sites (N-methyl/N-ethyl adjacent to an activating group) is 1. The number of aliphatic hydroxyl groups excluding tert-OH is 1. The molecular formula is C38H62N6O5Si2. The van der Waals surface area contributed by atoms with Crippen molar-refractivity contribution in [2.24, 2.45) is 17.3 Å². The molecule has 2 fully saturated rings. The third-order valence-corrected chi connectivity index (χ3v) is 15.2. The van der Waals surface area contributed by atoms with E-state index in [9.17, 15) is 9.90 Å². The monoisotopic (exact) mass is 738 g/mol. The van der Waals surface area contributed by atoms with E-state index >= 15 is 0 Å². The van der Waals surface area contributed by atoms with Crippen LogP contribution in [0.5, 0.6) is 0 Å². The molecule has 3 heterocycles. The summed E-state index contributed by atoms with van der Waals surface area (Å²) in [5.41, 5.74) is 7.45. The van der Waals surface area contributed by atoms with Gasteiger partial charge in [-0.2, -0.15) is 5.10 Å². The van der Waals surface area contributed by atoms with Crippen molar-refractivity contribution in [3.63, 3.8) is 0 Å². The Bertz CT molecular complexity index is 1730. The molecule has 4 atom stereocenters. The molecule has 13 heteroatoms. The Hall–Kier alpha value is -2.40. The molecule has 2 aliphatic carbocycles. The Morgan fingerprint density at radius 2 is 1.78 bits per heavy atom. The third-order valence-electron chi connectivity index (χ3n) is 11.7. The highest BCUT2D eigenvalue weighted by molar-refractivity contribution is 6.76. The maximum absolute atomic E-state index is 13.6. The number of fused-ring (bicyclic) bond motifs is 3. The van der Waals surface area contributed by atoms with Crippen LogP contribution < -0.4 is 4.90 Å². The normalized spacial score (nSPS) is 23.8. The molecule has 1 N–H and O–H groups in total. The number of hydrogen-bond donors (Lipinski definition) is 1. The van der Waals surface area contributed by atoms with Gasteiger partial charge in [0.1, 0.15) is 19.2 Å². The molecule has 3 aromatic rings. The van der Waals surface area contributed by atoms with Gasteiger partial charge in [0.25, 0.3) is 0 Å². The number of morpholine rings is 1. The standard InChI is InChI=1S/C38H62N6O5Si2/c1-26-17-33-31(19-32(26)41(4)35(46)22-42-11-12-49-28(21-42)23-45)39-37(43(33)24-47-13-15-50(5,6)7)36-29-18-30-27(2)38(30,3)20-34(29)44(40-36)25-48-14-16-51(8,9)10/h17,19,27-28,30,45H,11-16,18,20-25H2,1-10H3/t27-,28-,30+,38-/m0/s1. The van der Waals surface area contributed by atoms with E-state index in [4.69, 9.17) is 24.3 Å². The van der Waals surface area contributed by atoms with Crippen LogP contribution in [0.4, 0.5) is 5.69 Å². The number of nitrogens with zero attached hydrogens (tertiary/aromatic N) is 6. The summed E-state index contributed by atoms with van der Waals surface area (Å²) >= 11 is 0. The van der Waals surface area contributed by atoms with Gasteiger partial charge in [-0.05, 0) is 66.8 Å². The summed E-state index contributed by atoms with van der Waals surface area (Å²) in [6, 6.07) is 6.40. The van der Waals surface area contributed by atoms with Gasteiger partial charge in [-0.1, -0.05) is 53.1 Å². The molecule has 0 bridgehead atoms. The second-order valence-electron chi connectivity index (χ2n) is 18.1. The minimum Gasteiger partial charge on any atom is -0.394 e. The van der Waals surface area contributed by atoms with Crippen LogP contribution in [0.2, 0.25) is 51.4 Å². The van der Waals surface area contributed by atoms with E-state index in [1.165, 1.54) is 11.3 Å². The first-order chi connectivity index (χ1) is 24.0. The van der Waals surface area contributed by atoms with E-state index < -0.39 is 16.1 Å². The summed E-state index contributed by atoms with van der Waals surface area (Å²) in [4.78, 5) is 22.7. The maximum atomic E-state index is 13.6. The van der Waals surface area contributed by atoms with Crippen molar-refractivity contribution in [1.29, 1.82) is 0 Å². The fraction of sp³-hybridized carbons (Fsp3) is 0.711. The van der Waals surface area contributed by atoms with E-state index in [1.54, 1.807) is 4.90 Å². The Labute approximate surface area is 306 Å². The minimum atomic E-state index is -1.27. The number of benzene rings is 1. The third kappa shape index (κ3) is 8.39. The zero-order chi connectivity index (χ0) is 36.9. The highest BCUT2D eigenvalue weighted by Gasteiger charge is 2.61. The van der Waals surface area contributed by atoms with Crippen LogP contribution in [0.25, 0.3) is 22.6 Å². The summed E-state index contributed by atoms with van der Waals surface area (Å²) in [5.74, 6) is 2.13. The molecule has 0 spiro atoms. The first kappa shape index (κ1) is 38.3. The first-order valence-corrected chi connectivity index (χ1v) is 26.4. The van der Waals surface area contributed by atoms with Crippen LogP contribution in [-0.4, -0.2) is 111 Å². The molecule has 1 saturated heterocycles. The quantitative estimate of drug-likeness (QED) is 0.153. The van der Waals surface area contributed by atoms with Gasteiger partial charge < -0.3 is 24.2 Å². The number of anilines is 1. The van der Waals surface area contributed by atoms with E-state index in [-0.39, 0.29) is 25.2 Å². The molecule has 11 nitrogen and oxygen atoms in total. The molecule has 3 aliphatic rings. The minimum absolute atomic E-state index is 0.00563. The lowest BCUT2D eigenvalue weighted by Crippen LogP contribution is -2.48.